The summed E-state index contributed by atoms with van der Waals surface area (Å²) in [6.07, 6.45) is 0.0891. The van der Waals surface area contributed by atoms with E-state index in [0.29, 0.717) is 5.56 Å². The summed E-state index contributed by atoms with van der Waals surface area (Å²) in [6.45, 7) is 0. The maximum atomic E-state index is 13.7. The molecule has 0 aliphatic heterocycles. The lowest BCUT2D eigenvalue weighted by atomic mass is 9.98. The second-order valence-corrected chi connectivity index (χ2v) is 4.53. The molecule has 0 aromatic heterocycles. The molecule has 0 spiro atoms. The number of rotatable bonds is 5. The van der Waals surface area contributed by atoms with Crippen LogP contribution in [0.15, 0.2) is 36.4 Å². The van der Waals surface area contributed by atoms with Crippen molar-refractivity contribution in [2.45, 2.75) is 12.5 Å². The van der Waals surface area contributed by atoms with Crippen molar-refractivity contribution in [3.05, 3.63) is 65.0 Å². The van der Waals surface area contributed by atoms with Crippen LogP contribution >= 0.6 is 0 Å². The predicted octanol–water partition coefficient (Wildman–Crippen LogP) is 2.86. The van der Waals surface area contributed by atoms with E-state index in [4.69, 9.17) is 10.6 Å². The Balaban J connectivity index is 2.28. The lowest BCUT2D eigenvalue weighted by molar-refractivity contribution is 0.385. The highest BCUT2D eigenvalue weighted by Crippen LogP contribution is 2.25. The molecule has 3 N–H and O–H groups in total. The fourth-order valence-corrected chi connectivity index (χ4v) is 2.10. The maximum Gasteiger partial charge on any atom is 0.165 e. The third-order valence-corrected chi connectivity index (χ3v) is 3.24. The predicted molar refractivity (Wildman–Crippen MR) is 73.1 cm³/mol. The van der Waals surface area contributed by atoms with E-state index in [-0.39, 0.29) is 17.7 Å². The van der Waals surface area contributed by atoms with Gasteiger partial charge in [0, 0.05) is 0 Å². The number of nitrogens with two attached hydrogens (primary N) is 1. The van der Waals surface area contributed by atoms with Crippen LogP contribution in [-0.2, 0) is 6.42 Å². The average Bonchev–Trinajstić information content (AvgIpc) is 2.48. The van der Waals surface area contributed by atoms with Crippen LogP contribution in [0.5, 0.6) is 5.75 Å². The summed E-state index contributed by atoms with van der Waals surface area (Å²) in [4.78, 5) is 0. The number of ether oxygens (including phenoxy) is 1. The Morgan fingerprint density at radius 1 is 1.14 bits per heavy atom. The van der Waals surface area contributed by atoms with Gasteiger partial charge in [-0.25, -0.2) is 13.2 Å². The van der Waals surface area contributed by atoms with E-state index < -0.39 is 23.5 Å². The smallest absolute Gasteiger partial charge is 0.165 e. The molecule has 6 heteroatoms. The molecule has 2 aromatic rings. The van der Waals surface area contributed by atoms with Crippen molar-refractivity contribution < 1.29 is 17.9 Å². The normalized spacial score (nSPS) is 12.2. The van der Waals surface area contributed by atoms with E-state index >= 15 is 0 Å². The Morgan fingerprint density at radius 3 is 2.52 bits per heavy atom. The van der Waals surface area contributed by atoms with Crippen LogP contribution in [0, 0.1) is 17.5 Å². The molecule has 0 aliphatic carbocycles. The van der Waals surface area contributed by atoms with Gasteiger partial charge in [-0.3, -0.25) is 11.3 Å². The summed E-state index contributed by atoms with van der Waals surface area (Å²) in [5, 5.41) is 0. The largest absolute Gasteiger partial charge is 0.494 e. The maximum absolute atomic E-state index is 13.7. The first-order valence-electron chi connectivity index (χ1n) is 6.29. The molecule has 0 aliphatic rings. The second-order valence-electron chi connectivity index (χ2n) is 4.53. The number of nitrogens with one attached hydrogen (secondary N) is 1. The Morgan fingerprint density at radius 2 is 1.90 bits per heavy atom. The van der Waals surface area contributed by atoms with E-state index in [1.165, 1.54) is 31.4 Å². The van der Waals surface area contributed by atoms with Gasteiger partial charge in [0.15, 0.2) is 23.2 Å². The quantitative estimate of drug-likeness (QED) is 0.659. The van der Waals surface area contributed by atoms with E-state index in [1.54, 1.807) is 6.07 Å². The monoisotopic (exact) mass is 296 g/mol. The summed E-state index contributed by atoms with van der Waals surface area (Å²) in [5.74, 6) is 3.15. The Kier molecular flexibility index (Phi) is 4.82. The summed E-state index contributed by atoms with van der Waals surface area (Å²) in [7, 11) is 1.36. The van der Waals surface area contributed by atoms with E-state index in [2.05, 4.69) is 5.43 Å². The standard InChI is InChI=1S/C15H15F3N2O/c1-21-14-6-5-9(7-12(14)17)13(20-19)8-10-3-2-4-11(16)15(10)18/h2-7,13,20H,8,19H2,1H3. The van der Waals surface area contributed by atoms with Crippen molar-refractivity contribution in [3.63, 3.8) is 0 Å². The van der Waals surface area contributed by atoms with Gasteiger partial charge in [-0.1, -0.05) is 18.2 Å². The summed E-state index contributed by atoms with van der Waals surface area (Å²) < 4.78 is 45.4. The molecule has 0 heterocycles. The molecule has 3 nitrogen and oxygen atoms in total. The van der Waals surface area contributed by atoms with E-state index in [1.807, 2.05) is 0 Å². The van der Waals surface area contributed by atoms with Gasteiger partial charge in [-0.2, -0.15) is 0 Å². The average molecular weight is 296 g/mol. The third-order valence-electron chi connectivity index (χ3n) is 3.24. The number of hydrogen-bond donors (Lipinski definition) is 2. The van der Waals surface area contributed by atoms with Crippen LogP contribution in [0.4, 0.5) is 13.2 Å². The lowest BCUT2D eigenvalue weighted by Gasteiger charge is -2.17. The van der Waals surface area contributed by atoms with Crippen LogP contribution in [0.1, 0.15) is 17.2 Å². The van der Waals surface area contributed by atoms with Crippen molar-refractivity contribution in [1.82, 2.24) is 5.43 Å². The minimum absolute atomic E-state index is 0.0891. The summed E-state index contributed by atoms with van der Waals surface area (Å²) >= 11 is 0. The van der Waals surface area contributed by atoms with Crippen LogP contribution in [0.3, 0.4) is 0 Å². The number of methoxy groups -OCH3 is 1. The molecule has 1 unspecified atom stereocenters. The zero-order valence-corrected chi connectivity index (χ0v) is 11.4. The molecule has 2 aromatic carbocycles. The fraction of sp³-hybridized carbons (Fsp3) is 0.200. The van der Waals surface area contributed by atoms with Crippen molar-refractivity contribution in [2.24, 2.45) is 5.84 Å². The second kappa shape index (κ2) is 6.60. The Hall–Kier alpha value is -2.05. The van der Waals surface area contributed by atoms with Gasteiger partial charge in [0.25, 0.3) is 0 Å². The lowest BCUT2D eigenvalue weighted by Crippen LogP contribution is -2.30. The highest BCUT2D eigenvalue weighted by atomic mass is 19.2. The van der Waals surface area contributed by atoms with Gasteiger partial charge >= 0.3 is 0 Å². The molecule has 0 fully saturated rings. The molecule has 1 atom stereocenters. The number of benzene rings is 2. The Bertz CT molecular complexity index is 634. The summed E-state index contributed by atoms with van der Waals surface area (Å²) in [5.41, 5.74) is 3.16. The zero-order valence-electron chi connectivity index (χ0n) is 11.4. The topological polar surface area (TPSA) is 47.3 Å². The van der Waals surface area contributed by atoms with Gasteiger partial charge in [0.1, 0.15) is 0 Å². The molecular formula is C15H15F3N2O. The molecule has 0 amide bonds. The van der Waals surface area contributed by atoms with Crippen molar-refractivity contribution >= 4 is 0 Å². The SMILES string of the molecule is COc1ccc(C(Cc2cccc(F)c2F)NN)cc1F. The van der Waals surface area contributed by atoms with E-state index in [0.717, 1.165) is 6.07 Å². The highest BCUT2D eigenvalue weighted by Gasteiger charge is 2.17. The van der Waals surface area contributed by atoms with Crippen molar-refractivity contribution in [3.8, 4) is 5.75 Å². The van der Waals surface area contributed by atoms with E-state index in [9.17, 15) is 13.2 Å². The first-order valence-corrected chi connectivity index (χ1v) is 6.29. The van der Waals surface area contributed by atoms with Crippen LogP contribution < -0.4 is 16.0 Å². The molecular weight excluding hydrogens is 281 g/mol. The highest BCUT2D eigenvalue weighted by molar-refractivity contribution is 5.32. The summed E-state index contributed by atoms with van der Waals surface area (Å²) in [6, 6.07) is 7.68. The zero-order chi connectivity index (χ0) is 15.4. The van der Waals surface area contributed by atoms with Gasteiger partial charge in [-0.15, -0.1) is 0 Å². The van der Waals surface area contributed by atoms with Gasteiger partial charge in [-0.05, 0) is 35.7 Å². The van der Waals surface area contributed by atoms with Crippen LogP contribution in [0.25, 0.3) is 0 Å². The Labute approximate surface area is 120 Å². The number of halogens is 3. The minimum Gasteiger partial charge on any atom is -0.494 e. The molecule has 2 rings (SSSR count). The van der Waals surface area contributed by atoms with Crippen LogP contribution in [-0.4, -0.2) is 7.11 Å². The minimum atomic E-state index is -0.927. The van der Waals surface area contributed by atoms with Crippen LogP contribution in [0.2, 0.25) is 0 Å². The van der Waals surface area contributed by atoms with Gasteiger partial charge < -0.3 is 4.74 Å². The molecule has 0 saturated heterocycles. The first-order chi connectivity index (χ1) is 10.1. The first kappa shape index (κ1) is 15.3. The molecule has 0 radical (unpaired) electrons. The number of hydrogen-bond acceptors (Lipinski definition) is 3. The fourth-order valence-electron chi connectivity index (χ4n) is 2.10. The van der Waals surface area contributed by atoms with Gasteiger partial charge in [0.05, 0.1) is 13.2 Å². The van der Waals surface area contributed by atoms with Crippen molar-refractivity contribution in [2.75, 3.05) is 7.11 Å². The number of hydrazine groups is 1. The molecule has 21 heavy (non-hydrogen) atoms. The molecule has 0 bridgehead atoms. The third kappa shape index (κ3) is 3.34. The molecule has 112 valence electrons. The van der Waals surface area contributed by atoms with Crippen molar-refractivity contribution in [1.29, 1.82) is 0 Å². The molecule has 0 saturated carbocycles. The van der Waals surface area contributed by atoms with Gasteiger partial charge in [0.2, 0.25) is 0 Å².